The molecule has 0 spiro atoms. The normalized spacial score (nSPS) is 15.7. The fraction of sp³-hybridized carbons (Fsp3) is 0.308. The van der Waals surface area contributed by atoms with Crippen molar-refractivity contribution in [2.24, 2.45) is 0 Å². The van der Waals surface area contributed by atoms with Gasteiger partial charge in [0.05, 0.1) is 24.3 Å². The van der Waals surface area contributed by atoms with Gasteiger partial charge in [-0.3, -0.25) is 4.98 Å². The van der Waals surface area contributed by atoms with E-state index in [1.54, 1.807) is 24.4 Å². The zero-order valence-electron chi connectivity index (χ0n) is 10.2. The van der Waals surface area contributed by atoms with E-state index in [0.29, 0.717) is 30.1 Å². The van der Waals surface area contributed by atoms with Crippen LogP contribution in [0.15, 0.2) is 24.4 Å². The van der Waals surface area contributed by atoms with Crippen molar-refractivity contribution in [2.45, 2.75) is 0 Å². The van der Waals surface area contributed by atoms with Crippen molar-refractivity contribution in [3.63, 3.8) is 0 Å². The van der Waals surface area contributed by atoms with Crippen LogP contribution in [-0.4, -0.2) is 47.3 Å². The van der Waals surface area contributed by atoms with Gasteiger partial charge in [0.1, 0.15) is 11.3 Å². The first kappa shape index (κ1) is 11.9. The second-order valence-electron chi connectivity index (χ2n) is 4.30. The molecule has 2 aromatic heterocycles. The molecule has 0 aliphatic carbocycles. The summed E-state index contributed by atoms with van der Waals surface area (Å²) in [6, 6.07) is 5.12. The number of fused-ring (bicyclic) bond motifs is 1. The Bertz CT molecular complexity index is 624. The molecule has 0 atom stereocenters. The van der Waals surface area contributed by atoms with Crippen LogP contribution < -0.4 is 4.90 Å². The summed E-state index contributed by atoms with van der Waals surface area (Å²) in [5.41, 5.74) is 1.21. The lowest BCUT2D eigenvalue weighted by Crippen LogP contribution is -2.36. The molecule has 1 N–H and O–H groups in total. The lowest BCUT2D eigenvalue weighted by molar-refractivity contribution is 0.0698. The minimum atomic E-state index is -0.986. The highest BCUT2D eigenvalue weighted by Gasteiger charge is 2.18. The third kappa shape index (κ3) is 2.22. The molecule has 6 heteroatoms. The summed E-state index contributed by atoms with van der Waals surface area (Å²) in [6.45, 7) is 2.71. The number of morpholine rings is 1. The van der Waals surface area contributed by atoms with E-state index in [0.717, 1.165) is 13.1 Å². The first-order valence-corrected chi connectivity index (χ1v) is 6.07. The first-order chi connectivity index (χ1) is 9.25. The third-order valence-electron chi connectivity index (χ3n) is 3.12. The molecule has 3 heterocycles. The molecule has 2 aromatic rings. The zero-order chi connectivity index (χ0) is 13.2. The van der Waals surface area contributed by atoms with Gasteiger partial charge in [0.15, 0.2) is 0 Å². The number of aromatic nitrogens is 2. The predicted octanol–water partition coefficient (Wildman–Crippen LogP) is 1.16. The summed E-state index contributed by atoms with van der Waals surface area (Å²) in [5.74, 6) is -0.318. The maximum atomic E-state index is 11.3. The van der Waals surface area contributed by atoms with Gasteiger partial charge in [-0.2, -0.15) is 0 Å². The molecule has 1 aliphatic heterocycles. The molecule has 19 heavy (non-hydrogen) atoms. The number of carbonyl (C=O) groups is 1. The topological polar surface area (TPSA) is 75.5 Å². The van der Waals surface area contributed by atoms with E-state index < -0.39 is 5.97 Å². The van der Waals surface area contributed by atoms with Crippen molar-refractivity contribution in [3.05, 3.63) is 30.0 Å². The van der Waals surface area contributed by atoms with Crippen molar-refractivity contribution in [2.75, 3.05) is 31.2 Å². The minimum absolute atomic E-state index is 0.187. The molecule has 1 saturated heterocycles. The molecule has 1 aliphatic rings. The van der Waals surface area contributed by atoms with E-state index >= 15 is 0 Å². The number of hydrogen-bond acceptors (Lipinski definition) is 5. The standard InChI is InChI=1S/C13H13N3O3/c17-13(18)9-8-11(16-4-6-19-7-5-16)15-10-2-1-3-14-12(9)10/h1-3,8H,4-7H2,(H,17,18). The van der Waals surface area contributed by atoms with E-state index in [1.807, 2.05) is 4.90 Å². The summed E-state index contributed by atoms with van der Waals surface area (Å²) < 4.78 is 5.29. The average Bonchev–Trinajstić information content (AvgIpc) is 2.47. The van der Waals surface area contributed by atoms with Crippen LogP contribution in [0.2, 0.25) is 0 Å². The molecule has 98 valence electrons. The Kier molecular flexibility index (Phi) is 3.00. The van der Waals surface area contributed by atoms with Crippen molar-refractivity contribution in [3.8, 4) is 0 Å². The molecule has 0 radical (unpaired) electrons. The Balaban J connectivity index is 2.12. The Morgan fingerprint density at radius 2 is 2.16 bits per heavy atom. The summed E-state index contributed by atoms with van der Waals surface area (Å²) in [4.78, 5) is 22.0. The van der Waals surface area contributed by atoms with Gasteiger partial charge >= 0.3 is 5.97 Å². The van der Waals surface area contributed by atoms with Crippen LogP contribution in [-0.2, 0) is 4.74 Å². The van der Waals surface area contributed by atoms with Gasteiger partial charge in [-0.1, -0.05) is 0 Å². The van der Waals surface area contributed by atoms with Crippen LogP contribution in [0, 0.1) is 0 Å². The van der Waals surface area contributed by atoms with Gasteiger partial charge in [0.2, 0.25) is 0 Å². The smallest absolute Gasteiger partial charge is 0.338 e. The van der Waals surface area contributed by atoms with Crippen molar-refractivity contribution in [1.82, 2.24) is 9.97 Å². The molecule has 0 saturated carbocycles. The predicted molar refractivity (Wildman–Crippen MR) is 69.5 cm³/mol. The molecule has 6 nitrogen and oxygen atoms in total. The average molecular weight is 259 g/mol. The van der Waals surface area contributed by atoms with E-state index in [9.17, 15) is 9.90 Å². The molecule has 0 bridgehead atoms. The molecule has 1 fully saturated rings. The quantitative estimate of drug-likeness (QED) is 0.872. The molecular formula is C13H13N3O3. The Morgan fingerprint density at radius 1 is 1.37 bits per heavy atom. The number of carboxylic acid groups (broad SMARTS) is 1. The monoisotopic (exact) mass is 259 g/mol. The maximum absolute atomic E-state index is 11.3. The Hall–Kier alpha value is -2.21. The number of ether oxygens (including phenoxy) is 1. The molecular weight excluding hydrogens is 246 g/mol. The number of carboxylic acids is 1. The largest absolute Gasteiger partial charge is 0.478 e. The fourth-order valence-electron chi connectivity index (χ4n) is 2.17. The van der Waals surface area contributed by atoms with Gasteiger partial charge in [-0.15, -0.1) is 0 Å². The van der Waals surface area contributed by atoms with Crippen LogP contribution >= 0.6 is 0 Å². The molecule has 0 amide bonds. The van der Waals surface area contributed by atoms with Gasteiger partial charge in [0, 0.05) is 19.3 Å². The lowest BCUT2D eigenvalue weighted by Gasteiger charge is -2.28. The van der Waals surface area contributed by atoms with Crippen molar-refractivity contribution < 1.29 is 14.6 Å². The van der Waals surface area contributed by atoms with Crippen molar-refractivity contribution >= 4 is 22.8 Å². The number of aromatic carboxylic acids is 1. The number of anilines is 1. The van der Waals surface area contributed by atoms with Gasteiger partial charge in [-0.25, -0.2) is 9.78 Å². The molecule has 3 rings (SSSR count). The van der Waals surface area contributed by atoms with Gasteiger partial charge in [-0.05, 0) is 18.2 Å². The van der Waals surface area contributed by atoms with Crippen LogP contribution in [0.3, 0.4) is 0 Å². The SMILES string of the molecule is O=C(O)c1cc(N2CCOCC2)nc2cccnc12. The van der Waals surface area contributed by atoms with Crippen LogP contribution in [0.4, 0.5) is 5.82 Å². The van der Waals surface area contributed by atoms with E-state index in [4.69, 9.17) is 4.74 Å². The van der Waals surface area contributed by atoms with E-state index in [-0.39, 0.29) is 5.56 Å². The Labute approximate surface area is 109 Å². The lowest BCUT2D eigenvalue weighted by atomic mass is 10.2. The maximum Gasteiger partial charge on any atom is 0.338 e. The van der Waals surface area contributed by atoms with Gasteiger partial charge < -0.3 is 14.7 Å². The zero-order valence-corrected chi connectivity index (χ0v) is 10.2. The van der Waals surface area contributed by atoms with Gasteiger partial charge in [0.25, 0.3) is 0 Å². The molecule has 0 aromatic carbocycles. The highest BCUT2D eigenvalue weighted by molar-refractivity contribution is 6.01. The number of rotatable bonds is 2. The number of pyridine rings is 2. The summed E-state index contributed by atoms with van der Waals surface area (Å²) in [6.07, 6.45) is 1.57. The summed E-state index contributed by atoms with van der Waals surface area (Å²) >= 11 is 0. The molecule has 0 unspecified atom stereocenters. The van der Waals surface area contributed by atoms with Crippen molar-refractivity contribution in [1.29, 1.82) is 0 Å². The summed E-state index contributed by atoms with van der Waals surface area (Å²) in [5, 5.41) is 9.29. The number of nitrogens with zero attached hydrogens (tertiary/aromatic N) is 3. The summed E-state index contributed by atoms with van der Waals surface area (Å²) in [7, 11) is 0. The van der Waals surface area contributed by atoms with Crippen LogP contribution in [0.25, 0.3) is 11.0 Å². The number of hydrogen-bond donors (Lipinski definition) is 1. The second kappa shape index (κ2) is 4.81. The third-order valence-corrected chi connectivity index (χ3v) is 3.12. The minimum Gasteiger partial charge on any atom is -0.478 e. The fourth-order valence-corrected chi connectivity index (χ4v) is 2.17. The van der Waals surface area contributed by atoms with E-state index in [2.05, 4.69) is 9.97 Å². The first-order valence-electron chi connectivity index (χ1n) is 6.07. The van der Waals surface area contributed by atoms with Crippen LogP contribution in [0.5, 0.6) is 0 Å². The Morgan fingerprint density at radius 3 is 2.89 bits per heavy atom. The second-order valence-corrected chi connectivity index (χ2v) is 4.30. The highest BCUT2D eigenvalue weighted by atomic mass is 16.5. The van der Waals surface area contributed by atoms with E-state index in [1.165, 1.54) is 0 Å². The highest BCUT2D eigenvalue weighted by Crippen LogP contribution is 2.22. The van der Waals surface area contributed by atoms with Crippen LogP contribution in [0.1, 0.15) is 10.4 Å².